The maximum atomic E-state index is 12.2. The summed E-state index contributed by atoms with van der Waals surface area (Å²) in [6, 6.07) is 16.9. The van der Waals surface area contributed by atoms with Gasteiger partial charge >= 0.3 is 6.09 Å². The molecule has 2 aliphatic rings. The Morgan fingerprint density at radius 3 is 2.53 bits per heavy atom. The number of hydrogen-bond donors (Lipinski definition) is 0. The number of nitrogens with zero attached hydrogens (tertiary/aromatic N) is 3. The molecular weight excluding hydrogens is 398 g/mol. The summed E-state index contributed by atoms with van der Waals surface area (Å²) in [6.45, 7) is 3.62. The fourth-order valence-corrected chi connectivity index (χ4v) is 4.78. The van der Waals surface area contributed by atoms with Gasteiger partial charge in [-0.15, -0.1) is 0 Å². The number of likely N-dealkylation sites (tertiary alicyclic amines) is 1. The van der Waals surface area contributed by atoms with Crippen molar-refractivity contribution in [2.75, 3.05) is 19.7 Å². The van der Waals surface area contributed by atoms with E-state index >= 15 is 0 Å². The lowest BCUT2D eigenvalue weighted by Crippen LogP contribution is -2.37. The summed E-state index contributed by atoms with van der Waals surface area (Å²) < 4.78 is 5.20. The van der Waals surface area contributed by atoms with Gasteiger partial charge in [-0.3, -0.25) is 9.97 Å². The van der Waals surface area contributed by atoms with E-state index in [1.807, 2.05) is 42.4 Å². The van der Waals surface area contributed by atoms with Crippen molar-refractivity contribution < 1.29 is 9.53 Å². The van der Waals surface area contributed by atoms with Crippen LogP contribution in [0.5, 0.6) is 0 Å². The zero-order chi connectivity index (χ0) is 21.9. The van der Waals surface area contributed by atoms with Gasteiger partial charge in [0.05, 0.1) is 18.0 Å². The molecule has 1 saturated heterocycles. The number of rotatable bonds is 2. The molecule has 5 nitrogen and oxygen atoms in total. The van der Waals surface area contributed by atoms with Crippen LogP contribution in [0.3, 0.4) is 0 Å². The second kappa shape index (κ2) is 8.95. The predicted molar refractivity (Wildman–Crippen MR) is 125 cm³/mol. The maximum Gasteiger partial charge on any atom is 0.409 e. The van der Waals surface area contributed by atoms with Crippen molar-refractivity contribution in [2.24, 2.45) is 0 Å². The highest BCUT2D eigenvalue weighted by Crippen LogP contribution is 2.38. The molecule has 0 bridgehead atoms. The summed E-state index contributed by atoms with van der Waals surface area (Å²) >= 11 is 0. The van der Waals surface area contributed by atoms with Crippen molar-refractivity contribution in [3.8, 4) is 11.3 Å². The molecule has 5 rings (SSSR count). The number of hydrogen-bond acceptors (Lipinski definition) is 4. The summed E-state index contributed by atoms with van der Waals surface area (Å²) in [7, 11) is 0. The largest absolute Gasteiger partial charge is 0.450 e. The van der Waals surface area contributed by atoms with Crippen LogP contribution in [-0.4, -0.2) is 40.7 Å². The van der Waals surface area contributed by atoms with Gasteiger partial charge in [0.2, 0.25) is 0 Å². The Balaban J connectivity index is 1.56. The minimum Gasteiger partial charge on any atom is -0.450 e. The molecule has 0 N–H and O–H groups in total. The second-order valence-electron chi connectivity index (χ2n) is 8.26. The Morgan fingerprint density at radius 1 is 0.938 bits per heavy atom. The van der Waals surface area contributed by atoms with E-state index in [0.29, 0.717) is 19.7 Å². The quantitative estimate of drug-likeness (QED) is 0.559. The molecule has 1 amide bonds. The minimum absolute atomic E-state index is 0.212. The van der Waals surface area contributed by atoms with Crippen LogP contribution in [0.1, 0.15) is 42.1 Å². The zero-order valence-corrected chi connectivity index (χ0v) is 18.4. The molecule has 32 heavy (non-hydrogen) atoms. The van der Waals surface area contributed by atoms with Gasteiger partial charge < -0.3 is 9.64 Å². The van der Waals surface area contributed by atoms with Crippen molar-refractivity contribution in [3.63, 3.8) is 0 Å². The smallest absolute Gasteiger partial charge is 0.409 e. The van der Waals surface area contributed by atoms with Crippen LogP contribution >= 0.6 is 0 Å². The average Bonchev–Trinajstić information content (AvgIpc) is 3.01. The zero-order valence-electron chi connectivity index (χ0n) is 18.4. The highest BCUT2D eigenvalue weighted by molar-refractivity contribution is 5.85. The number of aromatic nitrogens is 2. The van der Waals surface area contributed by atoms with Gasteiger partial charge in [-0.1, -0.05) is 29.8 Å². The van der Waals surface area contributed by atoms with Crippen molar-refractivity contribution in [3.05, 3.63) is 88.9 Å². The Kier molecular flexibility index (Phi) is 5.71. The van der Waals surface area contributed by atoms with E-state index in [1.54, 1.807) is 0 Å². The van der Waals surface area contributed by atoms with Gasteiger partial charge in [-0.2, -0.15) is 0 Å². The van der Waals surface area contributed by atoms with E-state index in [9.17, 15) is 4.79 Å². The lowest BCUT2D eigenvalue weighted by molar-refractivity contribution is 0.104. The second-order valence-corrected chi connectivity index (χ2v) is 8.26. The van der Waals surface area contributed by atoms with Gasteiger partial charge in [0, 0.05) is 36.6 Å². The molecule has 1 fully saturated rings. The monoisotopic (exact) mass is 425 g/mol. The van der Waals surface area contributed by atoms with Crippen LogP contribution in [0.4, 0.5) is 4.79 Å². The van der Waals surface area contributed by atoms with E-state index in [0.717, 1.165) is 42.6 Å². The van der Waals surface area contributed by atoms with Gasteiger partial charge in [-0.05, 0) is 73.6 Å². The van der Waals surface area contributed by atoms with Crippen molar-refractivity contribution >= 4 is 11.7 Å². The molecular formula is C27H27N3O2. The number of aryl methyl sites for hydroxylation is 2. The highest BCUT2D eigenvalue weighted by Gasteiger charge is 2.27. The molecule has 0 unspecified atom stereocenters. The normalized spacial score (nSPS) is 15.6. The Morgan fingerprint density at radius 2 is 1.75 bits per heavy atom. The minimum atomic E-state index is -0.212. The third kappa shape index (κ3) is 3.91. The lowest BCUT2D eigenvalue weighted by atomic mass is 9.88. The van der Waals surface area contributed by atoms with Gasteiger partial charge in [0.15, 0.2) is 0 Å². The molecule has 162 valence electrons. The molecule has 0 atom stereocenters. The van der Waals surface area contributed by atoms with Gasteiger partial charge in [0.25, 0.3) is 0 Å². The summed E-state index contributed by atoms with van der Waals surface area (Å²) in [4.78, 5) is 23.3. The number of piperidine rings is 1. The number of benzene rings is 1. The molecule has 3 heterocycles. The van der Waals surface area contributed by atoms with Crippen LogP contribution in [0.15, 0.2) is 66.5 Å². The van der Waals surface area contributed by atoms with Crippen molar-refractivity contribution in [1.29, 1.82) is 0 Å². The first-order valence-electron chi connectivity index (χ1n) is 11.4. The summed E-state index contributed by atoms with van der Waals surface area (Å²) in [5, 5.41) is 0. The number of pyridine rings is 2. The fraction of sp³-hybridized carbons (Fsp3) is 0.296. The van der Waals surface area contributed by atoms with Crippen LogP contribution in [0, 0.1) is 0 Å². The first-order valence-corrected chi connectivity index (χ1v) is 11.4. The average molecular weight is 426 g/mol. The summed E-state index contributed by atoms with van der Waals surface area (Å²) in [5.74, 6) is 0. The van der Waals surface area contributed by atoms with Crippen LogP contribution in [0.2, 0.25) is 0 Å². The number of carbonyl (C=O) groups is 1. The topological polar surface area (TPSA) is 55.3 Å². The maximum absolute atomic E-state index is 12.2. The molecule has 0 saturated carbocycles. The van der Waals surface area contributed by atoms with Crippen LogP contribution in [-0.2, 0) is 17.6 Å². The summed E-state index contributed by atoms with van der Waals surface area (Å²) in [6.07, 6.45) is 7.13. The lowest BCUT2D eigenvalue weighted by Gasteiger charge is -2.29. The standard InChI is InChI=1S/C27H27N3O2/c1-2-32-27(31)30-16-12-19(13-17-30)25-23-11-10-22(24-7-3-4-14-28-24)18-21(23)9-8-20-6-5-15-29-26(20)25/h3-7,10-11,14-15,18H,2,8-9,12-13,16-17H2,1H3. The van der Waals surface area contributed by atoms with Gasteiger partial charge in [0.1, 0.15) is 0 Å². The molecule has 0 radical (unpaired) electrons. The summed E-state index contributed by atoms with van der Waals surface area (Å²) in [5.41, 5.74) is 9.75. The van der Waals surface area contributed by atoms with E-state index in [4.69, 9.17) is 9.72 Å². The number of ether oxygens (including phenoxy) is 1. The van der Waals surface area contributed by atoms with E-state index in [-0.39, 0.29) is 6.09 Å². The molecule has 1 aliphatic carbocycles. The molecule has 3 aromatic rings. The molecule has 5 heteroatoms. The van der Waals surface area contributed by atoms with Crippen LogP contribution < -0.4 is 0 Å². The SMILES string of the molecule is CCOC(=O)N1CCC(=C2c3ccc(-c4ccccn4)cc3CCc3cccnc32)CC1. The van der Waals surface area contributed by atoms with E-state index in [1.165, 1.54) is 27.8 Å². The van der Waals surface area contributed by atoms with Gasteiger partial charge in [-0.25, -0.2) is 4.79 Å². The van der Waals surface area contributed by atoms with Crippen molar-refractivity contribution in [1.82, 2.24) is 14.9 Å². The molecule has 0 spiro atoms. The van der Waals surface area contributed by atoms with Crippen molar-refractivity contribution in [2.45, 2.75) is 32.6 Å². The first-order chi connectivity index (χ1) is 15.7. The molecule has 2 aromatic heterocycles. The number of fused-ring (bicyclic) bond motifs is 2. The Hall–Kier alpha value is -3.47. The Bertz CT molecular complexity index is 1160. The Labute approximate surface area is 188 Å². The van der Waals surface area contributed by atoms with E-state index < -0.39 is 0 Å². The van der Waals surface area contributed by atoms with E-state index in [2.05, 4.69) is 35.3 Å². The molecule has 1 aromatic carbocycles. The first kappa shape index (κ1) is 20.4. The number of carbonyl (C=O) groups excluding carboxylic acids is 1. The third-order valence-corrected chi connectivity index (χ3v) is 6.37. The van der Waals surface area contributed by atoms with Crippen LogP contribution in [0.25, 0.3) is 16.8 Å². The molecule has 1 aliphatic heterocycles. The number of amides is 1. The predicted octanol–water partition coefficient (Wildman–Crippen LogP) is 5.30. The third-order valence-electron chi connectivity index (χ3n) is 6.37. The highest BCUT2D eigenvalue weighted by atomic mass is 16.6. The fourth-order valence-electron chi connectivity index (χ4n) is 4.78.